The van der Waals surface area contributed by atoms with Crippen LogP contribution in [0.5, 0.6) is 0 Å². The first kappa shape index (κ1) is 46.6. The van der Waals surface area contributed by atoms with Crippen LogP contribution < -0.4 is 16.1 Å². The zero-order valence-electron chi connectivity index (χ0n) is 36.2. The Labute approximate surface area is 362 Å². The number of alkyl carbamates (subject to hydrolysis) is 1. The third-order valence-electron chi connectivity index (χ3n) is 10.8. The van der Waals surface area contributed by atoms with Crippen molar-refractivity contribution in [1.29, 1.82) is 0 Å². The lowest BCUT2D eigenvalue weighted by molar-refractivity contribution is -0.132. The summed E-state index contributed by atoms with van der Waals surface area (Å²) in [6, 6.07) is 20.0. The van der Waals surface area contributed by atoms with E-state index in [1.165, 1.54) is 18.4 Å². The van der Waals surface area contributed by atoms with Gasteiger partial charge in [-0.1, -0.05) is 102 Å². The Bertz CT molecular complexity index is 2030. The second-order valence-electron chi connectivity index (χ2n) is 16.5. The number of aliphatic hydroxyl groups excluding tert-OH is 1. The van der Waals surface area contributed by atoms with Gasteiger partial charge in [0.05, 0.1) is 43.8 Å². The number of rotatable bonds is 20. The van der Waals surface area contributed by atoms with Crippen LogP contribution in [0.15, 0.2) is 84.4 Å². The molecule has 0 radical (unpaired) electrons. The highest BCUT2D eigenvalue weighted by atomic mass is 32.1. The van der Waals surface area contributed by atoms with Gasteiger partial charge in [-0.3, -0.25) is 20.0 Å². The molecule has 1 aliphatic rings. The van der Waals surface area contributed by atoms with E-state index in [-0.39, 0.29) is 37.4 Å². The number of hydrazine groups is 1. The third-order valence-corrected chi connectivity index (χ3v) is 11.6. The van der Waals surface area contributed by atoms with Gasteiger partial charge in [-0.2, -0.15) is 0 Å². The molecule has 0 aliphatic carbocycles. The summed E-state index contributed by atoms with van der Waals surface area (Å²) in [6.07, 6.45) is 0.657. The lowest BCUT2D eigenvalue weighted by Gasteiger charge is -2.36. The summed E-state index contributed by atoms with van der Waals surface area (Å²) in [5.41, 5.74) is 6.43. The Kier molecular flexibility index (Phi) is 16.7. The molecule has 4 N–H and O–H groups in total. The van der Waals surface area contributed by atoms with E-state index in [1.54, 1.807) is 28.1 Å². The highest BCUT2D eigenvalue weighted by Gasteiger charge is 2.41. The molecule has 5 atom stereocenters. The molecule has 0 spiro atoms. The third kappa shape index (κ3) is 13.0. The SMILES string of the molecule is CCC(C)C(C(=O)NC(Cc1ccccc1)C(O)CN(Cc1ccc(-c2ccccn2)cc1)NC(=O)C(NC(=O)OC)C(C)(C)C)N1CCN(Cc2csc(COC)n2)C1=O. The Hall–Kier alpha value is -5.42. The Morgan fingerprint density at radius 3 is 2.31 bits per heavy atom. The van der Waals surface area contributed by atoms with Gasteiger partial charge in [-0.15, -0.1) is 11.3 Å². The molecular weight excluding hydrogens is 797 g/mol. The van der Waals surface area contributed by atoms with Crippen molar-refractivity contribution in [3.63, 3.8) is 0 Å². The van der Waals surface area contributed by atoms with Crippen molar-refractivity contribution in [3.05, 3.63) is 106 Å². The summed E-state index contributed by atoms with van der Waals surface area (Å²) in [7, 11) is 2.84. The average Bonchev–Trinajstić information content (AvgIpc) is 3.84. The first-order chi connectivity index (χ1) is 29.2. The molecule has 328 valence electrons. The van der Waals surface area contributed by atoms with Gasteiger partial charge in [0, 0.05) is 50.4 Å². The second-order valence-corrected chi connectivity index (χ2v) is 17.4. The number of carbonyl (C=O) groups excluding carboxylic acids is 4. The Morgan fingerprint density at radius 1 is 0.951 bits per heavy atom. The van der Waals surface area contributed by atoms with Crippen LogP contribution in [-0.4, -0.2) is 112 Å². The molecule has 1 fully saturated rings. The van der Waals surface area contributed by atoms with Crippen LogP contribution in [0.2, 0.25) is 0 Å². The van der Waals surface area contributed by atoms with Crippen molar-refractivity contribution in [1.82, 2.24) is 40.8 Å². The maximum atomic E-state index is 14.6. The summed E-state index contributed by atoms with van der Waals surface area (Å²) >= 11 is 1.48. The van der Waals surface area contributed by atoms with Gasteiger partial charge < -0.3 is 35.0 Å². The van der Waals surface area contributed by atoms with Crippen molar-refractivity contribution in [2.45, 2.75) is 91.4 Å². The number of aromatic nitrogens is 2. The molecule has 1 aliphatic heterocycles. The van der Waals surface area contributed by atoms with Crippen LogP contribution >= 0.6 is 11.3 Å². The highest BCUT2D eigenvalue weighted by molar-refractivity contribution is 7.09. The van der Waals surface area contributed by atoms with Crippen LogP contribution in [0.4, 0.5) is 9.59 Å². The fourth-order valence-electron chi connectivity index (χ4n) is 7.27. The molecule has 61 heavy (non-hydrogen) atoms. The number of methoxy groups -OCH3 is 2. The van der Waals surface area contributed by atoms with E-state index < -0.39 is 41.6 Å². The minimum absolute atomic E-state index is 0.107. The number of carbonyl (C=O) groups is 4. The van der Waals surface area contributed by atoms with Crippen LogP contribution in [0.25, 0.3) is 11.3 Å². The minimum Gasteiger partial charge on any atom is -0.453 e. The van der Waals surface area contributed by atoms with Gasteiger partial charge in [0.25, 0.3) is 5.91 Å². The molecule has 1 saturated heterocycles. The number of ether oxygens (including phenoxy) is 2. The first-order valence-electron chi connectivity index (χ1n) is 20.6. The molecular formula is C45H60N8O7S. The van der Waals surface area contributed by atoms with E-state index in [2.05, 4.69) is 26.0 Å². The zero-order chi connectivity index (χ0) is 44.1. The van der Waals surface area contributed by atoms with Crippen molar-refractivity contribution < 1.29 is 33.8 Å². The number of aliphatic hydroxyl groups is 1. The van der Waals surface area contributed by atoms with Gasteiger partial charge >= 0.3 is 12.1 Å². The lowest BCUT2D eigenvalue weighted by atomic mass is 9.86. The van der Waals surface area contributed by atoms with Crippen LogP contribution in [0, 0.1) is 11.3 Å². The predicted molar refractivity (Wildman–Crippen MR) is 234 cm³/mol. The molecule has 3 heterocycles. The van der Waals surface area contributed by atoms with Gasteiger partial charge in [0.15, 0.2) is 0 Å². The quantitative estimate of drug-likeness (QED) is 0.0843. The molecule has 2 aromatic heterocycles. The summed E-state index contributed by atoms with van der Waals surface area (Å²) in [5.74, 6) is -1.09. The fourth-order valence-corrected chi connectivity index (χ4v) is 8.03. The summed E-state index contributed by atoms with van der Waals surface area (Å²) in [6.45, 7) is 11.0. The predicted octanol–water partition coefficient (Wildman–Crippen LogP) is 5.40. The number of benzene rings is 2. The summed E-state index contributed by atoms with van der Waals surface area (Å²) in [5, 5.41) is 22.3. The highest BCUT2D eigenvalue weighted by Crippen LogP contribution is 2.25. The normalized spacial score (nSPS) is 15.5. The second kappa shape index (κ2) is 21.9. The first-order valence-corrected chi connectivity index (χ1v) is 21.5. The number of urea groups is 1. The number of thiazole rings is 1. The van der Waals surface area contributed by atoms with Gasteiger partial charge in [-0.05, 0) is 41.0 Å². The fraction of sp³-hybridized carbons (Fsp3) is 0.467. The molecule has 0 saturated carbocycles. The van der Waals surface area contributed by atoms with Crippen LogP contribution in [0.3, 0.4) is 0 Å². The number of pyridine rings is 1. The monoisotopic (exact) mass is 856 g/mol. The van der Waals surface area contributed by atoms with Crippen molar-refractivity contribution in [2.75, 3.05) is 33.9 Å². The van der Waals surface area contributed by atoms with Gasteiger partial charge in [0.2, 0.25) is 5.91 Å². The number of hydrogen-bond donors (Lipinski definition) is 4. The van der Waals surface area contributed by atoms with Crippen molar-refractivity contribution in [3.8, 4) is 11.3 Å². The van der Waals surface area contributed by atoms with Gasteiger partial charge in [-0.25, -0.2) is 19.6 Å². The molecule has 5 unspecified atom stereocenters. The maximum absolute atomic E-state index is 14.6. The average molecular weight is 857 g/mol. The van der Waals surface area contributed by atoms with E-state index in [4.69, 9.17) is 9.47 Å². The molecule has 15 nitrogen and oxygen atoms in total. The molecule has 5 amide bonds. The number of nitrogens with zero attached hydrogens (tertiary/aromatic N) is 5. The van der Waals surface area contributed by atoms with Crippen LogP contribution in [-0.2, 0) is 45.2 Å². The molecule has 4 aromatic rings. The maximum Gasteiger partial charge on any atom is 0.407 e. The Morgan fingerprint density at radius 2 is 1.67 bits per heavy atom. The van der Waals surface area contributed by atoms with Crippen molar-refractivity contribution >= 4 is 35.3 Å². The van der Waals surface area contributed by atoms with E-state index in [9.17, 15) is 24.3 Å². The zero-order valence-corrected chi connectivity index (χ0v) is 37.0. The van der Waals surface area contributed by atoms with Gasteiger partial charge in [0.1, 0.15) is 17.1 Å². The largest absolute Gasteiger partial charge is 0.453 e. The number of nitrogens with one attached hydrogen (secondary N) is 3. The van der Waals surface area contributed by atoms with E-state index >= 15 is 0 Å². The smallest absolute Gasteiger partial charge is 0.407 e. The molecule has 0 bridgehead atoms. The molecule has 2 aromatic carbocycles. The van der Waals surface area contributed by atoms with E-state index in [0.717, 1.165) is 33.1 Å². The molecule has 16 heteroatoms. The molecule has 5 rings (SSSR count). The lowest BCUT2D eigenvalue weighted by Crippen LogP contribution is -2.60. The summed E-state index contributed by atoms with van der Waals surface area (Å²) < 4.78 is 10.0. The number of amides is 5. The number of hydrogen-bond acceptors (Lipinski definition) is 11. The standard InChI is InChI=1S/C45H60N8O7S/c1-8-30(2)39(53-23-22-51(44(53)58)26-34-29-61-38(47-34)28-59-6)41(55)48-36(24-31-14-10-9-11-15-31)37(54)27-52(50-42(56)40(45(3,4)5)49-43(57)60-7)25-32-17-19-33(20-18-32)35-16-12-13-21-46-35/h9-21,29-30,36-37,39-40,54H,8,22-28H2,1-7H3,(H,48,55)(H,49,57)(H,50,56). The van der Waals surface area contributed by atoms with Crippen molar-refractivity contribution in [2.24, 2.45) is 11.3 Å². The van der Waals surface area contributed by atoms with E-state index in [0.29, 0.717) is 32.7 Å². The van der Waals surface area contributed by atoms with E-state index in [1.807, 2.05) is 113 Å². The summed E-state index contributed by atoms with van der Waals surface area (Å²) in [4.78, 5) is 67.2. The minimum atomic E-state index is -1.21. The Balaban J connectivity index is 1.40. The topological polar surface area (TPSA) is 179 Å². The van der Waals surface area contributed by atoms with Crippen LogP contribution in [0.1, 0.15) is 62.9 Å².